The molecule has 3 heteroatoms. The van der Waals surface area contributed by atoms with E-state index < -0.39 is 0 Å². The van der Waals surface area contributed by atoms with Crippen molar-refractivity contribution < 1.29 is 14.2 Å². The van der Waals surface area contributed by atoms with Crippen molar-refractivity contribution in [3.63, 3.8) is 0 Å². The number of hydrogen-bond acceptors (Lipinski definition) is 3. The van der Waals surface area contributed by atoms with Crippen LogP contribution in [-0.2, 0) is 14.2 Å². The van der Waals surface area contributed by atoms with Crippen molar-refractivity contribution in [2.45, 2.75) is 48.5 Å². The van der Waals surface area contributed by atoms with E-state index in [9.17, 15) is 0 Å². The van der Waals surface area contributed by atoms with Crippen molar-refractivity contribution in [1.82, 2.24) is 0 Å². The highest BCUT2D eigenvalue weighted by Crippen LogP contribution is 2.88. The van der Waals surface area contributed by atoms with Gasteiger partial charge in [-0.25, -0.2) is 0 Å². The van der Waals surface area contributed by atoms with E-state index in [1.54, 1.807) is 0 Å². The van der Waals surface area contributed by atoms with Crippen LogP contribution in [0, 0.1) is 23.7 Å². The molecule has 8 unspecified atom stereocenters. The van der Waals surface area contributed by atoms with Crippen LogP contribution >= 0.6 is 0 Å². The van der Waals surface area contributed by atoms with E-state index in [4.69, 9.17) is 14.2 Å². The molecule has 4 aliphatic carbocycles. The number of ether oxygens (including phenoxy) is 3. The standard InChI is InChI=1S/C12H12O3/c1-3-7-8(13-7)4(1)12-6-2-5(9-10(6)14-9)11(3,12)15-12/h3-10H,1-2H2. The lowest BCUT2D eigenvalue weighted by Gasteiger charge is -2.23. The molecule has 0 aromatic heterocycles. The Morgan fingerprint density at radius 2 is 1.07 bits per heavy atom. The first-order valence-corrected chi connectivity index (χ1v) is 6.39. The molecule has 7 aliphatic rings. The van der Waals surface area contributed by atoms with E-state index in [1.807, 2.05) is 0 Å². The second kappa shape index (κ2) is 1.38. The lowest BCUT2D eigenvalue weighted by molar-refractivity contribution is 0.0135. The van der Waals surface area contributed by atoms with Crippen molar-refractivity contribution in [3.8, 4) is 0 Å². The van der Waals surface area contributed by atoms with Gasteiger partial charge in [0, 0.05) is 23.7 Å². The van der Waals surface area contributed by atoms with E-state index in [0.717, 1.165) is 23.7 Å². The summed E-state index contributed by atoms with van der Waals surface area (Å²) < 4.78 is 18.0. The highest BCUT2D eigenvalue weighted by molar-refractivity contribution is 5.47. The number of rotatable bonds is 0. The van der Waals surface area contributed by atoms with Gasteiger partial charge in [0.1, 0.15) is 11.2 Å². The molecule has 78 valence electrons. The Balaban J connectivity index is 1.57. The largest absolute Gasteiger partial charge is 0.369 e. The molecule has 0 spiro atoms. The van der Waals surface area contributed by atoms with Crippen LogP contribution in [0.1, 0.15) is 12.8 Å². The van der Waals surface area contributed by atoms with Gasteiger partial charge in [-0.2, -0.15) is 0 Å². The van der Waals surface area contributed by atoms with Crippen LogP contribution in [0.15, 0.2) is 0 Å². The zero-order chi connectivity index (χ0) is 9.15. The highest BCUT2D eigenvalue weighted by atomic mass is 16.7. The fourth-order valence-corrected chi connectivity index (χ4v) is 6.59. The van der Waals surface area contributed by atoms with E-state index in [-0.39, 0.29) is 11.2 Å². The van der Waals surface area contributed by atoms with Gasteiger partial charge in [0.2, 0.25) is 0 Å². The summed E-state index contributed by atoms with van der Waals surface area (Å²) in [4.78, 5) is 0. The van der Waals surface area contributed by atoms with Crippen LogP contribution in [0.5, 0.6) is 0 Å². The molecule has 4 bridgehead atoms. The van der Waals surface area contributed by atoms with Gasteiger partial charge in [-0.3, -0.25) is 0 Å². The molecule has 4 saturated carbocycles. The molecule has 3 aliphatic heterocycles. The molecule has 7 rings (SSSR count). The van der Waals surface area contributed by atoms with E-state index in [1.165, 1.54) is 12.8 Å². The van der Waals surface area contributed by atoms with Gasteiger partial charge < -0.3 is 14.2 Å². The topological polar surface area (TPSA) is 37.6 Å². The Labute approximate surface area is 87.1 Å². The van der Waals surface area contributed by atoms with Crippen LogP contribution < -0.4 is 0 Å². The van der Waals surface area contributed by atoms with Crippen molar-refractivity contribution >= 4 is 0 Å². The predicted molar refractivity (Wildman–Crippen MR) is 47.1 cm³/mol. The van der Waals surface area contributed by atoms with E-state index >= 15 is 0 Å². The third kappa shape index (κ3) is 0.369. The molecule has 8 atom stereocenters. The third-order valence-corrected chi connectivity index (χ3v) is 6.84. The van der Waals surface area contributed by atoms with Gasteiger partial charge >= 0.3 is 0 Å². The molecule has 3 heterocycles. The SMILES string of the molecule is C1C2C3OC3C1C13OC21C1CC3C2OC21. The molecular formula is C12H12O3. The maximum atomic E-state index is 6.38. The van der Waals surface area contributed by atoms with Gasteiger partial charge in [0.25, 0.3) is 0 Å². The summed E-state index contributed by atoms with van der Waals surface area (Å²) >= 11 is 0. The quantitative estimate of drug-likeness (QED) is 0.534. The molecule has 0 amide bonds. The molecular weight excluding hydrogens is 192 g/mol. The average Bonchev–Trinajstić information content (AvgIpc) is 3.20. The van der Waals surface area contributed by atoms with Crippen molar-refractivity contribution in [2.75, 3.05) is 0 Å². The van der Waals surface area contributed by atoms with Crippen molar-refractivity contribution in [3.05, 3.63) is 0 Å². The summed E-state index contributed by atoms with van der Waals surface area (Å²) in [6.45, 7) is 0. The number of fused-ring (bicyclic) bond motifs is 10. The van der Waals surface area contributed by atoms with Crippen LogP contribution in [0.2, 0.25) is 0 Å². The van der Waals surface area contributed by atoms with Crippen molar-refractivity contribution in [1.29, 1.82) is 0 Å². The van der Waals surface area contributed by atoms with Crippen LogP contribution in [0.4, 0.5) is 0 Å². The van der Waals surface area contributed by atoms with Gasteiger partial charge in [-0.15, -0.1) is 0 Å². The maximum Gasteiger partial charge on any atom is 0.109 e. The summed E-state index contributed by atoms with van der Waals surface area (Å²) in [5, 5.41) is 0. The Morgan fingerprint density at radius 3 is 1.47 bits per heavy atom. The fraction of sp³-hybridized carbons (Fsp3) is 1.00. The molecule has 3 saturated heterocycles. The maximum absolute atomic E-state index is 6.38. The molecule has 0 aromatic rings. The van der Waals surface area contributed by atoms with Gasteiger partial charge in [0.05, 0.1) is 24.4 Å². The predicted octanol–water partition coefficient (Wildman–Crippen LogP) is 0.328. The first-order chi connectivity index (χ1) is 7.38. The molecule has 0 aromatic carbocycles. The smallest absolute Gasteiger partial charge is 0.109 e. The summed E-state index contributed by atoms with van der Waals surface area (Å²) in [7, 11) is 0. The highest BCUT2D eigenvalue weighted by Gasteiger charge is 3.00. The zero-order valence-electron chi connectivity index (χ0n) is 8.26. The van der Waals surface area contributed by atoms with Crippen molar-refractivity contribution in [2.24, 2.45) is 23.7 Å². The molecule has 0 N–H and O–H groups in total. The average molecular weight is 204 g/mol. The zero-order valence-corrected chi connectivity index (χ0v) is 8.26. The minimum atomic E-state index is 0.262. The normalized spacial score (nSPS) is 91.2. The first kappa shape index (κ1) is 6.58. The number of epoxide rings is 3. The summed E-state index contributed by atoms with van der Waals surface area (Å²) in [5.41, 5.74) is 0.523. The van der Waals surface area contributed by atoms with Crippen LogP contribution in [-0.4, -0.2) is 35.6 Å². The Morgan fingerprint density at radius 1 is 0.667 bits per heavy atom. The second-order valence-corrected chi connectivity index (χ2v) is 6.72. The summed E-state index contributed by atoms with van der Waals surface area (Å²) in [6.07, 6.45) is 5.15. The molecule has 0 radical (unpaired) electrons. The Bertz CT molecular complexity index is 378. The van der Waals surface area contributed by atoms with Crippen LogP contribution in [0.3, 0.4) is 0 Å². The van der Waals surface area contributed by atoms with E-state index in [2.05, 4.69) is 0 Å². The number of hydrogen-bond donors (Lipinski definition) is 0. The van der Waals surface area contributed by atoms with E-state index in [0.29, 0.717) is 24.4 Å². The van der Waals surface area contributed by atoms with Crippen LogP contribution in [0.25, 0.3) is 0 Å². The Hall–Kier alpha value is -0.120. The minimum absolute atomic E-state index is 0.262. The lowest BCUT2D eigenvalue weighted by atomic mass is 9.71. The third-order valence-electron chi connectivity index (χ3n) is 6.84. The second-order valence-electron chi connectivity index (χ2n) is 6.72. The van der Waals surface area contributed by atoms with Gasteiger partial charge in [0.15, 0.2) is 0 Å². The first-order valence-electron chi connectivity index (χ1n) is 6.39. The fourth-order valence-electron chi connectivity index (χ4n) is 6.59. The minimum Gasteiger partial charge on any atom is -0.369 e. The van der Waals surface area contributed by atoms with Gasteiger partial charge in [-0.05, 0) is 12.8 Å². The summed E-state index contributed by atoms with van der Waals surface area (Å²) in [5.74, 6) is 2.97. The molecule has 3 nitrogen and oxygen atoms in total. The molecule has 15 heavy (non-hydrogen) atoms. The Kier molecular flexibility index (Phi) is 0.604. The monoisotopic (exact) mass is 204 g/mol. The lowest BCUT2D eigenvalue weighted by Crippen LogP contribution is -2.44. The van der Waals surface area contributed by atoms with Gasteiger partial charge in [-0.1, -0.05) is 0 Å². The summed E-state index contributed by atoms with van der Waals surface area (Å²) in [6, 6.07) is 0. The molecule has 7 fully saturated rings.